The van der Waals surface area contributed by atoms with Crippen LogP contribution < -0.4 is 11.1 Å². The van der Waals surface area contributed by atoms with E-state index in [0.717, 1.165) is 19.0 Å². The predicted octanol–water partition coefficient (Wildman–Crippen LogP) is 1.58. The standard InChI is InChI=1S/C14H29N3/c1-12(17-8-4-5-9-17)11-16-14-7-3-2-6-13(14)10-15/h12-14,16H,2-11,15H2,1H3. The average molecular weight is 239 g/mol. The third-order valence-electron chi connectivity index (χ3n) is 4.65. The summed E-state index contributed by atoms with van der Waals surface area (Å²) in [6.45, 7) is 6.96. The zero-order valence-electron chi connectivity index (χ0n) is 11.3. The molecule has 17 heavy (non-hydrogen) atoms. The van der Waals surface area contributed by atoms with Crippen LogP contribution in [0.1, 0.15) is 45.4 Å². The molecule has 3 nitrogen and oxygen atoms in total. The van der Waals surface area contributed by atoms with Crippen LogP contribution in [0, 0.1) is 5.92 Å². The van der Waals surface area contributed by atoms with Crippen LogP contribution in [0.4, 0.5) is 0 Å². The van der Waals surface area contributed by atoms with Crippen LogP contribution in [0.5, 0.6) is 0 Å². The first-order valence-electron chi connectivity index (χ1n) is 7.48. The monoisotopic (exact) mass is 239 g/mol. The maximum absolute atomic E-state index is 5.87. The van der Waals surface area contributed by atoms with Crippen LogP contribution in [-0.4, -0.2) is 43.2 Å². The van der Waals surface area contributed by atoms with Gasteiger partial charge in [0.15, 0.2) is 0 Å². The van der Waals surface area contributed by atoms with Gasteiger partial charge in [-0.25, -0.2) is 0 Å². The normalized spacial score (nSPS) is 32.8. The number of nitrogens with one attached hydrogen (secondary N) is 1. The van der Waals surface area contributed by atoms with E-state index < -0.39 is 0 Å². The molecule has 2 rings (SSSR count). The van der Waals surface area contributed by atoms with Gasteiger partial charge in [0.25, 0.3) is 0 Å². The number of hydrogen-bond donors (Lipinski definition) is 2. The minimum atomic E-state index is 0.679. The van der Waals surface area contributed by atoms with Crippen molar-refractivity contribution in [2.75, 3.05) is 26.2 Å². The Kier molecular flexibility index (Phi) is 5.26. The zero-order chi connectivity index (χ0) is 12.1. The molecule has 2 aliphatic rings. The van der Waals surface area contributed by atoms with Crippen molar-refractivity contribution in [2.24, 2.45) is 11.7 Å². The Labute approximate surface area is 106 Å². The smallest absolute Gasteiger partial charge is 0.0192 e. The minimum absolute atomic E-state index is 0.679. The van der Waals surface area contributed by atoms with E-state index in [4.69, 9.17) is 5.73 Å². The summed E-state index contributed by atoms with van der Waals surface area (Å²) in [7, 11) is 0. The number of likely N-dealkylation sites (tertiary alicyclic amines) is 1. The fourth-order valence-electron chi connectivity index (χ4n) is 3.39. The number of nitrogens with two attached hydrogens (primary N) is 1. The molecule has 0 aromatic carbocycles. The maximum Gasteiger partial charge on any atom is 0.0192 e. The second kappa shape index (κ2) is 6.72. The molecule has 3 unspecified atom stereocenters. The van der Waals surface area contributed by atoms with E-state index in [2.05, 4.69) is 17.1 Å². The van der Waals surface area contributed by atoms with Crippen molar-refractivity contribution < 1.29 is 0 Å². The summed E-state index contributed by atoms with van der Waals surface area (Å²) in [5.74, 6) is 0.717. The Morgan fingerprint density at radius 1 is 1.18 bits per heavy atom. The van der Waals surface area contributed by atoms with E-state index in [9.17, 15) is 0 Å². The molecule has 1 aliphatic carbocycles. The van der Waals surface area contributed by atoms with E-state index in [-0.39, 0.29) is 0 Å². The molecule has 0 radical (unpaired) electrons. The molecule has 1 saturated carbocycles. The Balaban J connectivity index is 1.72. The summed E-state index contributed by atoms with van der Waals surface area (Å²) in [4.78, 5) is 2.62. The van der Waals surface area contributed by atoms with Gasteiger partial charge >= 0.3 is 0 Å². The first kappa shape index (κ1) is 13.3. The summed E-state index contributed by atoms with van der Waals surface area (Å²) >= 11 is 0. The maximum atomic E-state index is 5.87. The molecule has 100 valence electrons. The lowest BCUT2D eigenvalue weighted by molar-refractivity contribution is 0.214. The number of hydrogen-bond acceptors (Lipinski definition) is 3. The molecule has 3 N–H and O–H groups in total. The lowest BCUT2D eigenvalue weighted by Gasteiger charge is -2.33. The van der Waals surface area contributed by atoms with Crippen molar-refractivity contribution in [1.29, 1.82) is 0 Å². The molecular formula is C14H29N3. The second-order valence-corrected chi connectivity index (χ2v) is 5.89. The zero-order valence-corrected chi connectivity index (χ0v) is 11.3. The van der Waals surface area contributed by atoms with Crippen molar-refractivity contribution in [2.45, 2.75) is 57.5 Å². The third kappa shape index (κ3) is 3.67. The van der Waals surface area contributed by atoms with Gasteiger partial charge in [-0.3, -0.25) is 4.90 Å². The summed E-state index contributed by atoms with van der Waals surface area (Å²) in [6, 6.07) is 1.37. The Bertz CT molecular complexity index is 214. The fraction of sp³-hybridized carbons (Fsp3) is 1.00. The van der Waals surface area contributed by atoms with Crippen molar-refractivity contribution in [3.05, 3.63) is 0 Å². The third-order valence-corrected chi connectivity index (χ3v) is 4.65. The first-order chi connectivity index (χ1) is 8.31. The molecule has 1 aliphatic heterocycles. The van der Waals surface area contributed by atoms with Crippen molar-refractivity contribution in [3.8, 4) is 0 Å². The van der Waals surface area contributed by atoms with Gasteiger partial charge in [-0.1, -0.05) is 12.8 Å². The average Bonchev–Trinajstić information content (AvgIpc) is 2.90. The highest BCUT2D eigenvalue weighted by Gasteiger charge is 2.25. The highest BCUT2D eigenvalue weighted by atomic mass is 15.2. The van der Waals surface area contributed by atoms with E-state index in [1.807, 2.05) is 0 Å². The Hall–Kier alpha value is -0.120. The lowest BCUT2D eigenvalue weighted by Crippen LogP contribution is -2.47. The van der Waals surface area contributed by atoms with E-state index >= 15 is 0 Å². The largest absolute Gasteiger partial charge is 0.330 e. The van der Waals surface area contributed by atoms with Gasteiger partial charge in [0.1, 0.15) is 0 Å². The second-order valence-electron chi connectivity index (χ2n) is 5.89. The van der Waals surface area contributed by atoms with Crippen LogP contribution in [0.2, 0.25) is 0 Å². The van der Waals surface area contributed by atoms with Crippen LogP contribution in [0.25, 0.3) is 0 Å². The molecule has 1 heterocycles. The molecule has 1 saturated heterocycles. The molecule has 0 amide bonds. The van der Waals surface area contributed by atoms with Crippen LogP contribution >= 0.6 is 0 Å². The molecule has 0 bridgehead atoms. The lowest BCUT2D eigenvalue weighted by atomic mass is 9.84. The predicted molar refractivity (Wildman–Crippen MR) is 73.1 cm³/mol. The SMILES string of the molecule is CC(CNC1CCCCC1CN)N1CCCC1. The summed E-state index contributed by atoms with van der Waals surface area (Å²) in [6.07, 6.45) is 8.19. The molecule has 3 atom stereocenters. The van der Waals surface area contributed by atoms with Crippen LogP contribution in [0.15, 0.2) is 0 Å². The van der Waals surface area contributed by atoms with Gasteiger partial charge in [0.2, 0.25) is 0 Å². The summed E-state index contributed by atoms with van der Waals surface area (Å²) < 4.78 is 0. The van der Waals surface area contributed by atoms with E-state index in [1.165, 1.54) is 51.6 Å². The van der Waals surface area contributed by atoms with Gasteiger partial charge in [-0.05, 0) is 58.2 Å². The molecule has 0 aromatic rings. The molecule has 0 spiro atoms. The highest BCUT2D eigenvalue weighted by Crippen LogP contribution is 2.23. The van der Waals surface area contributed by atoms with Gasteiger partial charge in [0.05, 0.1) is 0 Å². The van der Waals surface area contributed by atoms with E-state index in [0.29, 0.717) is 12.1 Å². The minimum Gasteiger partial charge on any atom is -0.330 e. The van der Waals surface area contributed by atoms with Crippen LogP contribution in [-0.2, 0) is 0 Å². The quantitative estimate of drug-likeness (QED) is 0.765. The number of rotatable bonds is 5. The van der Waals surface area contributed by atoms with Crippen molar-refractivity contribution in [1.82, 2.24) is 10.2 Å². The van der Waals surface area contributed by atoms with Gasteiger partial charge < -0.3 is 11.1 Å². The fourth-order valence-corrected chi connectivity index (χ4v) is 3.39. The van der Waals surface area contributed by atoms with E-state index in [1.54, 1.807) is 0 Å². The Morgan fingerprint density at radius 3 is 2.59 bits per heavy atom. The first-order valence-corrected chi connectivity index (χ1v) is 7.48. The molecular weight excluding hydrogens is 210 g/mol. The molecule has 2 fully saturated rings. The van der Waals surface area contributed by atoms with Gasteiger partial charge in [0, 0.05) is 18.6 Å². The van der Waals surface area contributed by atoms with Crippen molar-refractivity contribution >= 4 is 0 Å². The van der Waals surface area contributed by atoms with Gasteiger partial charge in [-0.2, -0.15) is 0 Å². The van der Waals surface area contributed by atoms with Gasteiger partial charge in [-0.15, -0.1) is 0 Å². The molecule has 0 aromatic heterocycles. The summed E-state index contributed by atoms with van der Waals surface area (Å²) in [5, 5.41) is 3.78. The summed E-state index contributed by atoms with van der Waals surface area (Å²) in [5.41, 5.74) is 5.87. The van der Waals surface area contributed by atoms with Crippen LogP contribution in [0.3, 0.4) is 0 Å². The molecule has 3 heteroatoms. The topological polar surface area (TPSA) is 41.3 Å². The Morgan fingerprint density at radius 2 is 1.88 bits per heavy atom. The number of nitrogens with zero attached hydrogens (tertiary/aromatic N) is 1. The van der Waals surface area contributed by atoms with Crippen molar-refractivity contribution in [3.63, 3.8) is 0 Å². The highest BCUT2D eigenvalue weighted by molar-refractivity contribution is 4.83.